The first-order valence-electron chi connectivity index (χ1n) is 20.5. The van der Waals surface area contributed by atoms with E-state index >= 15 is 0 Å². The van der Waals surface area contributed by atoms with E-state index in [2.05, 4.69) is 125 Å². The Morgan fingerprint density at radius 1 is 0.571 bits per heavy atom. The third-order valence-electron chi connectivity index (χ3n) is 13.1. The molecule has 0 saturated carbocycles. The third-order valence-corrected chi connectivity index (χ3v) is 34.8. The van der Waals surface area contributed by atoms with Gasteiger partial charge in [-0.1, -0.05) is 0 Å². The van der Waals surface area contributed by atoms with Crippen LogP contribution in [0.25, 0.3) is 45.6 Å². The number of allylic oxidation sites excluding steroid dienone is 2. The fourth-order valence-corrected chi connectivity index (χ4v) is 25.6. The number of furan rings is 2. The molecular weight excluding hydrogens is 823 g/mol. The predicted octanol–water partition coefficient (Wildman–Crippen LogP) is 14.0. The average molecular weight is 870 g/mol. The molecule has 4 aliphatic carbocycles. The van der Waals surface area contributed by atoms with Gasteiger partial charge in [0.25, 0.3) is 0 Å². The van der Waals surface area contributed by atoms with Gasteiger partial charge >= 0.3 is 350 Å². The van der Waals surface area contributed by atoms with E-state index in [1.807, 2.05) is 0 Å². The average Bonchev–Trinajstić information content (AvgIpc) is 4.05. The molecule has 2 heterocycles. The fourth-order valence-electron chi connectivity index (χ4n) is 10.4. The summed E-state index contributed by atoms with van der Waals surface area (Å²) in [6.45, 7) is 8.46. The number of hydrogen-bond acceptors (Lipinski definition) is 2. The van der Waals surface area contributed by atoms with E-state index < -0.39 is 24.4 Å². The molecule has 10 rings (SSSR count). The molecule has 2 atom stereocenters. The van der Waals surface area contributed by atoms with Crippen molar-refractivity contribution in [1.82, 2.24) is 0 Å². The van der Waals surface area contributed by atoms with Gasteiger partial charge in [-0.3, -0.25) is 0 Å². The number of halogens is 2. The molecule has 0 fully saturated rings. The van der Waals surface area contributed by atoms with Gasteiger partial charge in [-0.05, 0) is 0 Å². The zero-order chi connectivity index (χ0) is 38.2. The number of rotatable bonds is 9. The van der Waals surface area contributed by atoms with E-state index in [1.165, 1.54) is 102 Å². The number of aryl methyl sites for hydroxylation is 6. The number of fused-ring (bicyclic) bond motifs is 4. The van der Waals surface area contributed by atoms with Crippen molar-refractivity contribution in [2.24, 2.45) is 0 Å². The Labute approximate surface area is 347 Å². The quantitative estimate of drug-likeness (QED) is 0.135. The molecule has 0 aliphatic heterocycles. The Morgan fingerprint density at radius 3 is 1.38 bits per heavy atom. The summed E-state index contributed by atoms with van der Waals surface area (Å²) in [5, 5.41) is 0. The second-order valence-electron chi connectivity index (χ2n) is 16.8. The van der Waals surface area contributed by atoms with E-state index in [4.69, 9.17) is 25.9 Å². The van der Waals surface area contributed by atoms with Crippen molar-refractivity contribution in [1.29, 1.82) is 0 Å². The van der Waals surface area contributed by atoms with Gasteiger partial charge in [0.15, 0.2) is 0 Å². The van der Waals surface area contributed by atoms with Crippen LogP contribution >= 0.6 is 17.0 Å². The van der Waals surface area contributed by atoms with E-state index in [0.29, 0.717) is 0 Å². The van der Waals surface area contributed by atoms with Crippen molar-refractivity contribution < 1.29 is 27.4 Å². The van der Waals surface area contributed by atoms with E-state index in [0.717, 1.165) is 60.8 Å². The van der Waals surface area contributed by atoms with Crippen molar-refractivity contribution in [3.63, 3.8) is 0 Å². The van der Waals surface area contributed by atoms with Gasteiger partial charge in [0.2, 0.25) is 0 Å². The van der Waals surface area contributed by atoms with Gasteiger partial charge in [-0.15, -0.1) is 0 Å². The molecule has 6 heteroatoms. The Balaban J connectivity index is 1.09. The van der Waals surface area contributed by atoms with Gasteiger partial charge in [0.05, 0.1) is 0 Å². The molecular formula is C50H47Cl2O2SiZr. The molecule has 56 heavy (non-hydrogen) atoms. The van der Waals surface area contributed by atoms with Crippen LogP contribution in [-0.2, 0) is 44.2 Å². The normalized spacial score (nSPS) is 18.4. The third kappa shape index (κ3) is 6.48. The van der Waals surface area contributed by atoms with E-state index in [9.17, 15) is 0 Å². The first-order chi connectivity index (χ1) is 27.2. The second kappa shape index (κ2) is 14.8. The Kier molecular flexibility index (Phi) is 9.73. The van der Waals surface area contributed by atoms with Gasteiger partial charge in [0.1, 0.15) is 0 Å². The zero-order valence-electron chi connectivity index (χ0n) is 32.7. The van der Waals surface area contributed by atoms with Crippen LogP contribution in [0.15, 0.2) is 93.8 Å². The number of benzene rings is 4. The predicted molar refractivity (Wildman–Crippen MR) is 234 cm³/mol. The standard InChI is InChI=1S/C50H47O2Si.2ClH.Zr/c1-29-11-17-33(18-12-29)49-37-9-5-7-35(37)23-39-43(49)25-41(47-21-15-31(3)51-47)45(39)27-53-28-46-40-24-36-8-6-10-38(36)50(34-19-13-30(2)14-20-34)44(40)26-42(46)48-22-16-32(4)52-48;;;/h11-26,45-46,53H,5-10,27-28H2,1-4H3;2*1H;/q;;;+2/p-2. The molecule has 6 aromatic rings. The molecule has 0 bridgehead atoms. The first kappa shape index (κ1) is 36.9. The SMILES string of the molecule is Cc1ccc(-c2c3c(cc4c2CCC4)C(C[SiH](CC2C(c4ccc(C)o4)=Cc4c2cc2c(c4-c4ccc(C)cc4)CCC2)[Zr]([Cl])[Cl])C(c2ccc(C)o2)=C3)cc1. The molecule has 2 unspecified atom stereocenters. The van der Waals surface area contributed by atoms with Gasteiger partial charge < -0.3 is 0 Å². The summed E-state index contributed by atoms with van der Waals surface area (Å²) in [4.78, 5) is 0. The van der Waals surface area contributed by atoms with Crippen LogP contribution in [-0.4, -0.2) is 5.92 Å². The van der Waals surface area contributed by atoms with Gasteiger partial charge in [-0.25, -0.2) is 0 Å². The van der Waals surface area contributed by atoms with Crippen LogP contribution in [0.1, 0.15) is 103 Å². The number of hydrogen-bond donors (Lipinski definition) is 0. The maximum atomic E-state index is 7.46. The summed E-state index contributed by atoms with van der Waals surface area (Å²) >= 11 is -2.77. The van der Waals surface area contributed by atoms with Crippen molar-refractivity contribution in [2.75, 3.05) is 0 Å². The monoisotopic (exact) mass is 867 g/mol. The summed E-state index contributed by atoms with van der Waals surface area (Å²) < 4.78 is 12.9. The molecule has 0 amide bonds. The molecule has 0 radical (unpaired) electrons. The zero-order valence-corrected chi connectivity index (χ0v) is 37.8. The Hall–Kier alpha value is -3.40. The van der Waals surface area contributed by atoms with Gasteiger partial charge in [0, 0.05) is 0 Å². The molecule has 0 saturated heterocycles. The molecule has 2 aromatic heterocycles. The van der Waals surface area contributed by atoms with Crippen LogP contribution in [0.2, 0.25) is 12.1 Å². The Morgan fingerprint density at radius 2 is 1.00 bits per heavy atom. The topological polar surface area (TPSA) is 26.3 Å². The van der Waals surface area contributed by atoms with E-state index in [-0.39, 0.29) is 11.8 Å². The fraction of sp³-hybridized carbons (Fsp3) is 0.280. The molecule has 0 spiro atoms. The van der Waals surface area contributed by atoms with E-state index in [1.54, 1.807) is 0 Å². The molecule has 0 N–H and O–H groups in total. The maximum absolute atomic E-state index is 7.46. The van der Waals surface area contributed by atoms with Crippen LogP contribution in [0, 0.1) is 27.7 Å². The molecule has 4 aromatic carbocycles. The molecule has 2 nitrogen and oxygen atoms in total. The minimum atomic E-state index is -2.77. The van der Waals surface area contributed by atoms with Crippen molar-refractivity contribution in [3.05, 3.63) is 164 Å². The first-order valence-corrected chi connectivity index (χ1v) is 33.3. The van der Waals surface area contributed by atoms with Crippen molar-refractivity contribution in [2.45, 2.75) is 90.1 Å². The van der Waals surface area contributed by atoms with Crippen LogP contribution in [0.5, 0.6) is 0 Å². The summed E-state index contributed by atoms with van der Waals surface area (Å²) in [5.74, 6) is 2.55. The van der Waals surface area contributed by atoms with Gasteiger partial charge in [-0.2, -0.15) is 0 Å². The minimum absolute atomic E-state index is 0.206. The van der Waals surface area contributed by atoms with Crippen LogP contribution in [0.4, 0.5) is 0 Å². The van der Waals surface area contributed by atoms with Crippen LogP contribution in [0.3, 0.4) is 0 Å². The summed E-state index contributed by atoms with van der Waals surface area (Å²) in [6.07, 6.45) is 11.9. The molecule has 281 valence electrons. The summed E-state index contributed by atoms with van der Waals surface area (Å²) in [7, 11) is 14.9. The summed E-state index contributed by atoms with van der Waals surface area (Å²) in [6, 6.07) is 34.1. The summed E-state index contributed by atoms with van der Waals surface area (Å²) in [5.41, 5.74) is 22.4. The van der Waals surface area contributed by atoms with Crippen molar-refractivity contribution >= 4 is 46.2 Å². The van der Waals surface area contributed by atoms with Crippen molar-refractivity contribution in [3.8, 4) is 22.3 Å². The van der Waals surface area contributed by atoms with Crippen LogP contribution < -0.4 is 0 Å². The Bertz CT molecular complexity index is 2400. The molecule has 4 aliphatic rings. The second-order valence-corrected chi connectivity index (χ2v) is 40.3.